The van der Waals surface area contributed by atoms with Gasteiger partial charge in [-0.2, -0.15) is 0 Å². The fraction of sp³-hybridized carbons (Fsp3) is 1.00. The smallest absolute Gasteiger partial charge is 0.0366 e. The van der Waals surface area contributed by atoms with Gasteiger partial charge in [-0.15, -0.1) is 11.6 Å². The van der Waals surface area contributed by atoms with Gasteiger partial charge in [0.15, 0.2) is 0 Å². The van der Waals surface area contributed by atoms with Crippen LogP contribution in [0.3, 0.4) is 0 Å². The van der Waals surface area contributed by atoms with E-state index in [4.69, 9.17) is 11.6 Å². The van der Waals surface area contributed by atoms with Crippen molar-refractivity contribution in [1.29, 1.82) is 0 Å². The van der Waals surface area contributed by atoms with Crippen LogP contribution in [-0.2, 0) is 0 Å². The van der Waals surface area contributed by atoms with Gasteiger partial charge < -0.3 is 0 Å². The fourth-order valence-electron chi connectivity index (χ4n) is 1.43. The van der Waals surface area contributed by atoms with Gasteiger partial charge in [0.1, 0.15) is 0 Å². The maximum absolute atomic E-state index is 5.99. The summed E-state index contributed by atoms with van der Waals surface area (Å²) in [5.41, 5.74) is 0. The lowest BCUT2D eigenvalue weighted by atomic mass is 9.75. The number of alkyl halides is 1. The van der Waals surface area contributed by atoms with Crippen LogP contribution in [0.5, 0.6) is 0 Å². The lowest BCUT2D eigenvalue weighted by molar-refractivity contribution is 0.223. The predicted octanol–water partition coefficient (Wildman–Crippen LogP) is 3.05. The number of rotatable bonds is 2. The van der Waals surface area contributed by atoms with Crippen molar-refractivity contribution in [2.24, 2.45) is 11.8 Å². The molecule has 1 aliphatic carbocycles. The van der Waals surface area contributed by atoms with E-state index >= 15 is 0 Å². The Hall–Kier alpha value is 0.290. The summed E-state index contributed by atoms with van der Waals surface area (Å²) < 4.78 is 0. The van der Waals surface area contributed by atoms with E-state index in [0.29, 0.717) is 5.38 Å². The molecule has 0 N–H and O–H groups in total. The highest BCUT2D eigenvalue weighted by atomic mass is 35.5. The van der Waals surface area contributed by atoms with Crippen LogP contribution in [0.15, 0.2) is 0 Å². The highest BCUT2D eigenvalue weighted by molar-refractivity contribution is 6.21. The molecular formula is C8H15Cl. The minimum absolute atomic E-state index is 0.500. The van der Waals surface area contributed by atoms with Crippen molar-refractivity contribution in [3.05, 3.63) is 0 Å². The molecule has 3 unspecified atom stereocenters. The Balaban J connectivity index is 2.25. The van der Waals surface area contributed by atoms with Crippen LogP contribution in [0.4, 0.5) is 0 Å². The second-order valence-corrected chi connectivity index (χ2v) is 3.70. The fourth-order valence-corrected chi connectivity index (χ4v) is 1.93. The average Bonchev–Trinajstić information content (AvgIpc) is 1.84. The van der Waals surface area contributed by atoms with Crippen LogP contribution in [0, 0.1) is 11.8 Å². The SMILES string of the molecule is CCC(C)C1CCC1Cl. The summed E-state index contributed by atoms with van der Waals surface area (Å²) in [5.74, 6) is 1.68. The predicted molar refractivity (Wildman–Crippen MR) is 41.8 cm³/mol. The van der Waals surface area contributed by atoms with Crippen LogP contribution >= 0.6 is 11.6 Å². The van der Waals surface area contributed by atoms with Crippen LogP contribution in [-0.4, -0.2) is 5.38 Å². The molecule has 0 bridgehead atoms. The molecule has 1 rings (SSSR count). The van der Waals surface area contributed by atoms with Crippen molar-refractivity contribution in [2.75, 3.05) is 0 Å². The molecule has 0 spiro atoms. The Morgan fingerprint density at radius 2 is 2.22 bits per heavy atom. The zero-order chi connectivity index (χ0) is 6.85. The molecule has 0 aliphatic heterocycles. The maximum Gasteiger partial charge on any atom is 0.0366 e. The van der Waals surface area contributed by atoms with Gasteiger partial charge in [-0.25, -0.2) is 0 Å². The third-order valence-electron chi connectivity index (χ3n) is 2.62. The Morgan fingerprint density at radius 3 is 2.33 bits per heavy atom. The molecule has 0 radical (unpaired) electrons. The van der Waals surface area contributed by atoms with E-state index in [1.807, 2.05) is 0 Å². The summed E-state index contributed by atoms with van der Waals surface area (Å²) >= 11 is 5.99. The highest BCUT2D eigenvalue weighted by Crippen LogP contribution is 2.38. The molecule has 1 heteroatoms. The van der Waals surface area contributed by atoms with Crippen LogP contribution < -0.4 is 0 Å². The topological polar surface area (TPSA) is 0 Å². The second kappa shape index (κ2) is 2.92. The normalized spacial score (nSPS) is 37.7. The standard InChI is InChI=1S/C8H15Cl/c1-3-6(2)7-4-5-8(7)9/h6-8H,3-5H2,1-2H3. The number of hydrogen-bond acceptors (Lipinski definition) is 0. The van der Waals surface area contributed by atoms with E-state index in [-0.39, 0.29) is 0 Å². The molecule has 1 saturated carbocycles. The minimum Gasteiger partial charge on any atom is -0.123 e. The zero-order valence-electron chi connectivity index (χ0n) is 6.23. The van der Waals surface area contributed by atoms with E-state index in [1.54, 1.807) is 0 Å². The largest absolute Gasteiger partial charge is 0.123 e. The van der Waals surface area contributed by atoms with Gasteiger partial charge in [-0.1, -0.05) is 20.3 Å². The van der Waals surface area contributed by atoms with Gasteiger partial charge in [0.05, 0.1) is 0 Å². The van der Waals surface area contributed by atoms with Crippen LogP contribution in [0.2, 0.25) is 0 Å². The quantitative estimate of drug-likeness (QED) is 0.526. The van der Waals surface area contributed by atoms with Crippen molar-refractivity contribution in [1.82, 2.24) is 0 Å². The molecule has 3 atom stereocenters. The zero-order valence-corrected chi connectivity index (χ0v) is 6.99. The summed E-state index contributed by atoms with van der Waals surface area (Å²) in [6, 6.07) is 0. The van der Waals surface area contributed by atoms with Gasteiger partial charge in [0, 0.05) is 5.38 Å². The lowest BCUT2D eigenvalue weighted by Gasteiger charge is -2.36. The van der Waals surface area contributed by atoms with Gasteiger partial charge in [0.25, 0.3) is 0 Å². The highest BCUT2D eigenvalue weighted by Gasteiger charge is 2.31. The van der Waals surface area contributed by atoms with Crippen molar-refractivity contribution in [3.63, 3.8) is 0 Å². The molecule has 1 aliphatic rings. The maximum atomic E-state index is 5.99. The second-order valence-electron chi connectivity index (χ2n) is 3.14. The molecule has 1 fully saturated rings. The average molecular weight is 147 g/mol. The van der Waals surface area contributed by atoms with Gasteiger partial charge in [-0.05, 0) is 24.7 Å². The third kappa shape index (κ3) is 1.40. The Kier molecular flexibility index (Phi) is 2.40. The first-order valence-electron chi connectivity index (χ1n) is 3.89. The molecule has 0 heterocycles. The first-order chi connectivity index (χ1) is 4.25. The lowest BCUT2D eigenvalue weighted by Crippen LogP contribution is -2.31. The van der Waals surface area contributed by atoms with E-state index in [2.05, 4.69) is 13.8 Å². The summed E-state index contributed by atoms with van der Waals surface area (Å²) in [6.45, 7) is 4.55. The molecule has 9 heavy (non-hydrogen) atoms. The molecule has 54 valence electrons. The van der Waals surface area contributed by atoms with E-state index < -0.39 is 0 Å². The Labute approximate surface area is 62.6 Å². The summed E-state index contributed by atoms with van der Waals surface area (Å²) in [5, 5.41) is 0.500. The van der Waals surface area contributed by atoms with Gasteiger partial charge >= 0.3 is 0 Å². The van der Waals surface area contributed by atoms with E-state index in [0.717, 1.165) is 11.8 Å². The van der Waals surface area contributed by atoms with E-state index in [1.165, 1.54) is 19.3 Å². The third-order valence-corrected chi connectivity index (χ3v) is 3.16. The number of hydrogen-bond donors (Lipinski definition) is 0. The Bertz CT molecular complexity index is 90.6. The van der Waals surface area contributed by atoms with E-state index in [9.17, 15) is 0 Å². The van der Waals surface area contributed by atoms with Gasteiger partial charge in [-0.3, -0.25) is 0 Å². The first kappa shape index (κ1) is 7.40. The number of halogens is 1. The molecule has 0 amide bonds. The summed E-state index contributed by atoms with van der Waals surface area (Å²) in [4.78, 5) is 0. The van der Waals surface area contributed by atoms with Crippen LogP contribution in [0.1, 0.15) is 33.1 Å². The van der Waals surface area contributed by atoms with Crippen molar-refractivity contribution in [3.8, 4) is 0 Å². The molecule has 0 saturated heterocycles. The monoisotopic (exact) mass is 146 g/mol. The summed E-state index contributed by atoms with van der Waals surface area (Å²) in [6.07, 6.45) is 3.90. The summed E-state index contributed by atoms with van der Waals surface area (Å²) in [7, 11) is 0. The van der Waals surface area contributed by atoms with Crippen molar-refractivity contribution in [2.45, 2.75) is 38.5 Å². The molecule has 0 nitrogen and oxygen atoms in total. The van der Waals surface area contributed by atoms with Crippen LogP contribution in [0.25, 0.3) is 0 Å². The van der Waals surface area contributed by atoms with Crippen molar-refractivity contribution < 1.29 is 0 Å². The molecular weight excluding hydrogens is 132 g/mol. The Morgan fingerprint density at radius 1 is 1.56 bits per heavy atom. The molecule has 0 aromatic rings. The molecule has 0 aromatic carbocycles. The van der Waals surface area contributed by atoms with Crippen molar-refractivity contribution >= 4 is 11.6 Å². The first-order valence-corrected chi connectivity index (χ1v) is 4.33. The molecule has 0 aromatic heterocycles. The van der Waals surface area contributed by atoms with Gasteiger partial charge in [0.2, 0.25) is 0 Å². The minimum atomic E-state index is 0.500.